The summed E-state index contributed by atoms with van der Waals surface area (Å²) in [6.07, 6.45) is 0.798. The third-order valence-corrected chi connectivity index (χ3v) is 4.97. The lowest BCUT2D eigenvalue weighted by molar-refractivity contribution is -0.129. The number of para-hydroxylation sites is 1. The van der Waals surface area contributed by atoms with Crippen molar-refractivity contribution < 1.29 is 14.3 Å². The lowest BCUT2D eigenvalue weighted by atomic mass is 9.89. The molecule has 4 heteroatoms. The Balaban J connectivity index is 1.78. The van der Waals surface area contributed by atoms with Crippen molar-refractivity contribution in [1.82, 2.24) is 5.32 Å². The second-order valence-electron chi connectivity index (χ2n) is 7.95. The van der Waals surface area contributed by atoms with Gasteiger partial charge in [-0.1, -0.05) is 37.3 Å². The molecular weight excluding hydrogens is 338 g/mol. The van der Waals surface area contributed by atoms with E-state index in [1.54, 1.807) is 0 Å². The maximum Gasteiger partial charge on any atom is 0.261 e. The van der Waals surface area contributed by atoms with Crippen LogP contribution < -0.4 is 14.8 Å². The average Bonchev–Trinajstić information content (AvgIpc) is 2.61. The molecule has 3 rings (SSSR count). The van der Waals surface area contributed by atoms with Crippen LogP contribution in [0.5, 0.6) is 11.5 Å². The van der Waals surface area contributed by atoms with Crippen LogP contribution in [-0.2, 0) is 4.79 Å². The van der Waals surface area contributed by atoms with Crippen LogP contribution >= 0.6 is 0 Å². The molecule has 0 radical (unpaired) electrons. The SMILES string of the molecule is CC[C@H](Oc1cc(C)ccc1C)C(=O)N[C@@H]1CC(C)(C)Oc2ccccc21. The van der Waals surface area contributed by atoms with Gasteiger partial charge in [0.25, 0.3) is 5.91 Å². The van der Waals surface area contributed by atoms with Gasteiger partial charge in [-0.25, -0.2) is 0 Å². The van der Waals surface area contributed by atoms with E-state index in [2.05, 4.69) is 5.32 Å². The summed E-state index contributed by atoms with van der Waals surface area (Å²) >= 11 is 0. The molecule has 0 saturated carbocycles. The van der Waals surface area contributed by atoms with E-state index in [9.17, 15) is 4.79 Å². The van der Waals surface area contributed by atoms with Gasteiger partial charge in [0.15, 0.2) is 6.10 Å². The number of fused-ring (bicyclic) bond motifs is 1. The summed E-state index contributed by atoms with van der Waals surface area (Å²) in [5.41, 5.74) is 2.84. The predicted molar refractivity (Wildman–Crippen MR) is 107 cm³/mol. The van der Waals surface area contributed by atoms with Crippen LogP contribution in [0.2, 0.25) is 0 Å². The number of ether oxygens (including phenoxy) is 2. The highest BCUT2D eigenvalue weighted by atomic mass is 16.5. The molecule has 2 atom stereocenters. The number of carbonyl (C=O) groups is 1. The van der Waals surface area contributed by atoms with Gasteiger partial charge in [0, 0.05) is 12.0 Å². The zero-order valence-electron chi connectivity index (χ0n) is 16.8. The van der Waals surface area contributed by atoms with Crippen molar-refractivity contribution in [3.8, 4) is 11.5 Å². The Morgan fingerprint density at radius 3 is 2.74 bits per heavy atom. The zero-order chi connectivity index (χ0) is 19.6. The van der Waals surface area contributed by atoms with Gasteiger partial charge in [0.1, 0.15) is 17.1 Å². The van der Waals surface area contributed by atoms with Crippen molar-refractivity contribution in [2.45, 2.75) is 65.2 Å². The molecule has 27 heavy (non-hydrogen) atoms. The highest BCUT2D eigenvalue weighted by Gasteiger charge is 2.35. The minimum Gasteiger partial charge on any atom is -0.487 e. The maximum absolute atomic E-state index is 13.0. The molecule has 0 spiro atoms. The molecule has 1 N–H and O–H groups in total. The van der Waals surface area contributed by atoms with Gasteiger partial charge in [-0.05, 0) is 57.4 Å². The lowest BCUT2D eigenvalue weighted by Crippen LogP contribution is -2.45. The van der Waals surface area contributed by atoms with Crippen LogP contribution in [0.25, 0.3) is 0 Å². The number of amides is 1. The average molecular weight is 367 g/mol. The Labute approximate surface area is 161 Å². The quantitative estimate of drug-likeness (QED) is 0.819. The first kappa shape index (κ1) is 19.3. The summed E-state index contributed by atoms with van der Waals surface area (Å²) in [6, 6.07) is 13.9. The summed E-state index contributed by atoms with van der Waals surface area (Å²) in [4.78, 5) is 13.0. The fourth-order valence-electron chi connectivity index (χ4n) is 3.51. The smallest absolute Gasteiger partial charge is 0.261 e. The van der Waals surface area contributed by atoms with Crippen molar-refractivity contribution in [1.29, 1.82) is 0 Å². The van der Waals surface area contributed by atoms with E-state index in [-0.39, 0.29) is 17.6 Å². The number of benzene rings is 2. The van der Waals surface area contributed by atoms with E-state index >= 15 is 0 Å². The number of nitrogens with one attached hydrogen (secondary N) is 1. The molecule has 0 fully saturated rings. The molecule has 2 aromatic carbocycles. The normalized spacial score (nSPS) is 18.8. The van der Waals surface area contributed by atoms with E-state index in [4.69, 9.17) is 9.47 Å². The number of carbonyl (C=O) groups excluding carboxylic acids is 1. The summed E-state index contributed by atoms with van der Waals surface area (Å²) in [5.74, 6) is 1.52. The molecular formula is C23H29NO3. The molecule has 1 amide bonds. The van der Waals surface area contributed by atoms with E-state index in [1.165, 1.54) is 0 Å². The third kappa shape index (κ3) is 4.44. The topological polar surface area (TPSA) is 47.6 Å². The van der Waals surface area contributed by atoms with Crippen molar-refractivity contribution >= 4 is 5.91 Å². The van der Waals surface area contributed by atoms with Crippen molar-refractivity contribution in [3.05, 3.63) is 59.2 Å². The van der Waals surface area contributed by atoms with E-state index < -0.39 is 6.10 Å². The molecule has 144 valence electrons. The standard InChI is InChI=1S/C23H29NO3/c1-6-19(26-21-13-15(2)11-12-16(21)3)22(25)24-18-14-23(4,5)27-20-10-8-7-9-17(18)20/h7-13,18-19H,6,14H2,1-5H3,(H,24,25)/t18-,19+/m1/s1. The zero-order valence-corrected chi connectivity index (χ0v) is 16.8. The minimum absolute atomic E-state index is 0.0871. The van der Waals surface area contributed by atoms with Crippen LogP contribution in [0.4, 0.5) is 0 Å². The first-order chi connectivity index (χ1) is 12.8. The highest BCUT2D eigenvalue weighted by molar-refractivity contribution is 5.81. The summed E-state index contributed by atoms with van der Waals surface area (Å²) in [6.45, 7) is 10.1. The largest absolute Gasteiger partial charge is 0.487 e. The van der Waals surface area contributed by atoms with Gasteiger partial charge in [0.2, 0.25) is 0 Å². The van der Waals surface area contributed by atoms with Crippen LogP contribution in [0.1, 0.15) is 56.3 Å². The fourth-order valence-corrected chi connectivity index (χ4v) is 3.51. The minimum atomic E-state index is -0.524. The van der Waals surface area contributed by atoms with Gasteiger partial charge >= 0.3 is 0 Å². The number of rotatable bonds is 5. The lowest BCUT2D eigenvalue weighted by Gasteiger charge is -2.38. The Bertz CT molecular complexity index is 828. The Morgan fingerprint density at radius 1 is 1.26 bits per heavy atom. The van der Waals surface area contributed by atoms with Gasteiger partial charge in [-0.2, -0.15) is 0 Å². The van der Waals surface area contributed by atoms with E-state index in [0.717, 1.165) is 34.6 Å². The van der Waals surface area contributed by atoms with Gasteiger partial charge in [0.05, 0.1) is 6.04 Å². The third-order valence-electron chi connectivity index (χ3n) is 4.97. The summed E-state index contributed by atoms with van der Waals surface area (Å²) < 4.78 is 12.1. The Hall–Kier alpha value is -2.49. The van der Waals surface area contributed by atoms with Crippen LogP contribution in [0, 0.1) is 13.8 Å². The van der Waals surface area contributed by atoms with E-state index in [0.29, 0.717) is 6.42 Å². The first-order valence-electron chi connectivity index (χ1n) is 9.61. The highest BCUT2D eigenvalue weighted by Crippen LogP contribution is 2.39. The first-order valence-corrected chi connectivity index (χ1v) is 9.61. The molecule has 0 unspecified atom stereocenters. The maximum atomic E-state index is 13.0. The van der Waals surface area contributed by atoms with Crippen LogP contribution in [0.3, 0.4) is 0 Å². The van der Waals surface area contributed by atoms with Gasteiger partial charge < -0.3 is 14.8 Å². The van der Waals surface area contributed by atoms with Gasteiger partial charge in [-0.3, -0.25) is 4.79 Å². The molecule has 0 saturated heterocycles. The van der Waals surface area contributed by atoms with Crippen molar-refractivity contribution in [2.24, 2.45) is 0 Å². The predicted octanol–water partition coefficient (Wildman–Crippen LogP) is 4.88. The number of hydrogen-bond acceptors (Lipinski definition) is 3. The second-order valence-corrected chi connectivity index (χ2v) is 7.95. The van der Waals surface area contributed by atoms with Crippen molar-refractivity contribution in [3.63, 3.8) is 0 Å². The second kappa shape index (κ2) is 7.63. The van der Waals surface area contributed by atoms with Gasteiger partial charge in [-0.15, -0.1) is 0 Å². The molecule has 0 bridgehead atoms. The summed E-state index contributed by atoms with van der Waals surface area (Å²) in [7, 11) is 0. The molecule has 1 aliphatic heterocycles. The Morgan fingerprint density at radius 2 is 2.00 bits per heavy atom. The number of aryl methyl sites for hydroxylation is 2. The molecule has 4 nitrogen and oxygen atoms in total. The molecule has 1 aliphatic rings. The van der Waals surface area contributed by atoms with Crippen LogP contribution in [-0.4, -0.2) is 17.6 Å². The fraction of sp³-hybridized carbons (Fsp3) is 0.435. The van der Waals surface area contributed by atoms with Crippen LogP contribution in [0.15, 0.2) is 42.5 Å². The monoisotopic (exact) mass is 367 g/mol. The van der Waals surface area contributed by atoms with E-state index in [1.807, 2.05) is 77.1 Å². The number of hydrogen-bond donors (Lipinski definition) is 1. The Kier molecular flexibility index (Phi) is 5.45. The van der Waals surface area contributed by atoms with Crippen molar-refractivity contribution in [2.75, 3.05) is 0 Å². The molecule has 0 aliphatic carbocycles. The molecule has 2 aromatic rings. The molecule has 0 aromatic heterocycles. The molecule has 1 heterocycles. The summed E-state index contributed by atoms with van der Waals surface area (Å²) in [5, 5.41) is 3.19.